The third-order valence-corrected chi connectivity index (χ3v) is 7.12. The van der Waals surface area contributed by atoms with Gasteiger partial charge in [0.2, 0.25) is 0 Å². The van der Waals surface area contributed by atoms with Crippen molar-refractivity contribution in [1.29, 1.82) is 0 Å². The number of nitrogens with two attached hydrogens (primary N) is 1. The zero-order chi connectivity index (χ0) is 26.4. The third kappa shape index (κ3) is 4.67. The number of benzene rings is 3. The summed E-state index contributed by atoms with van der Waals surface area (Å²) in [4.78, 5) is 7.13. The highest BCUT2D eigenvalue weighted by Crippen LogP contribution is 2.43. The molecule has 0 aromatic heterocycles. The third-order valence-electron chi connectivity index (χ3n) is 7.12. The summed E-state index contributed by atoms with van der Waals surface area (Å²) >= 11 is 0. The number of amidine groups is 1. The van der Waals surface area contributed by atoms with E-state index in [1.807, 2.05) is 30.3 Å². The molecule has 3 N–H and O–H groups in total. The molecule has 1 fully saturated rings. The molecule has 3 aromatic carbocycles. The van der Waals surface area contributed by atoms with Crippen molar-refractivity contribution in [2.75, 3.05) is 11.9 Å². The zero-order valence-corrected chi connectivity index (χ0v) is 20.7. The summed E-state index contributed by atoms with van der Waals surface area (Å²) in [5.41, 5.74) is 12.9. The monoisotopic (exact) mass is 502 g/mol. The van der Waals surface area contributed by atoms with E-state index in [-0.39, 0.29) is 0 Å². The molecule has 0 radical (unpaired) electrons. The molecule has 4 nitrogen and oxygen atoms in total. The lowest BCUT2D eigenvalue weighted by molar-refractivity contribution is -0.137. The smallest absolute Gasteiger partial charge is 0.380 e. The zero-order valence-electron chi connectivity index (χ0n) is 20.7. The molecule has 2 aliphatic heterocycles. The van der Waals surface area contributed by atoms with Crippen LogP contribution in [-0.2, 0) is 19.1 Å². The van der Waals surface area contributed by atoms with Gasteiger partial charge >= 0.3 is 6.18 Å². The van der Waals surface area contributed by atoms with Crippen LogP contribution in [0.5, 0.6) is 0 Å². The Labute approximate surface area is 215 Å². The second kappa shape index (κ2) is 9.23. The predicted octanol–water partition coefficient (Wildman–Crippen LogP) is 6.93. The average molecular weight is 503 g/mol. The summed E-state index contributed by atoms with van der Waals surface area (Å²) in [6.07, 6.45) is -1.54. The first kappa shape index (κ1) is 24.8. The summed E-state index contributed by atoms with van der Waals surface area (Å²) < 4.78 is 39.0. The van der Waals surface area contributed by atoms with E-state index in [9.17, 15) is 13.2 Å². The molecule has 5 rings (SSSR count). The number of aliphatic imine (C=N–C) groups is 1. The van der Waals surface area contributed by atoms with Crippen LogP contribution in [0.2, 0.25) is 0 Å². The van der Waals surface area contributed by atoms with Gasteiger partial charge in [-0.25, -0.2) is 4.99 Å². The summed E-state index contributed by atoms with van der Waals surface area (Å²) in [5.74, 6) is 0.710. The van der Waals surface area contributed by atoms with Crippen molar-refractivity contribution < 1.29 is 13.2 Å². The van der Waals surface area contributed by atoms with E-state index in [1.54, 1.807) is 0 Å². The molecule has 1 atom stereocenters. The fourth-order valence-electron chi connectivity index (χ4n) is 5.19. The topological polar surface area (TPSA) is 53.7 Å². The van der Waals surface area contributed by atoms with E-state index < -0.39 is 17.3 Å². The van der Waals surface area contributed by atoms with E-state index >= 15 is 0 Å². The molecule has 0 bridgehead atoms. The van der Waals surface area contributed by atoms with Gasteiger partial charge < -0.3 is 16.0 Å². The van der Waals surface area contributed by atoms with Gasteiger partial charge in [0.05, 0.1) is 16.8 Å². The average Bonchev–Trinajstić information content (AvgIpc) is 3.19. The Morgan fingerprint density at radius 1 is 1.14 bits per heavy atom. The fraction of sp³-hybridized carbons (Fsp3) is 0.233. The van der Waals surface area contributed by atoms with Crippen molar-refractivity contribution in [1.82, 2.24) is 4.90 Å². The summed E-state index contributed by atoms with van der Waals surface area (Å²) in [7, 11) is 0. The molecule has 1 saturated heterocycles. The Kier molecular flexibility index (Phi) is 6.20. The van der Waals surface area contributed by atoms with Crippen LogP contribution in [0, 0.1) is 6.92 Å². The second-order valence-corrected chi connectivity index (χ2v) is 9.78. The Balaban J connectivity index is 1.48. The molecular formula is C30H29F3N4. The molecule has 190 valence electrons. The maximum atomic E-state index is 13.0. The molecular weight excluding hydrogens is 473 g/mol. The number of anilines is 1. The second-order valence-electron chi connectivity index (χ2n) is 9.78. The molecule has 37 heavy (non-hydrogen) atoms. The maximum absolute atomic E-state index is 13.0. The van der Waals surface area contributed by atoms with Crippen LogP contribution in [0.4, 0.5) is 24.5 Å². The summed E-state index contributed by atoms with van der Waals surface area (Å²) in [6.45, 7) is 11.5. The SMILES string of the molecule is C=Cc1ccccc1NCc1cc(C)cc2c1N=C1N(CCC1(N)Cc1ccc(C(F)(F)F)cc1)C2=C. The molecule has 3 aromatic rings. The van der Waals surface area contributed by atoms with Crippen LogP contribution >= 0.6 is 0 Å². The van der Waals surface area contributed by atoms with Gasteiger partial charge in [-0.3, -0.25) is 0 Å². The van der Waals surface area contributed by atoms with E-state index in [1.165, 1.54) is 12.1 Å². The minimum absolute atomic E-state index is 0.384. The standard InChI is InChI=1S/C30H29F3N4/c1-4-22-7-5-6-8-26(22)35-18-23-15-19(2)16-25-20(3)37-14-13-29(34,28(37)36-27(23)25)17-21-9-11-24(12-10-21)30(31,32)33/h4-12,15-16,35H,1,3,13-14,17-18,34H2,2H3. The van der Waals surface area contributed by atoms with Gasteiger partial charge in [-0.15, -0.1) is 0 Å². The van der Waals surface area contributed by atoms with Crippen LogP contribution in [0.1, 0.15) is 39.8 Å². The van der Waals surface area contributed by atoms with Crippen LogP contribution < -0.4 is 11.1 Å². The van der Waals surface area contributed by atoms with Crippen LogP contribution in [-0.4, -0.2) is 22.8 Å². The van der Waals surface area contributed by atoms with Gasteiger partial charge in [-0.1, -0.05) is 55.6 Å². The first-order valence-electron chi connectivity index (χ1n) is 12.2. The number of halogens is 3. The highest BCUT2D eigenvalue weighted by Gasteiger charge is 2.45. The lowest BCUT2D eigenvalue weighted by atomic mass is 9.88. The van der Waals surface area contributed by atoms with Crippen molar-refractivity contribution in [2.45, 2.75) is 38.0 Å². The van der Waals surface area contributed by atoms with Crippen molar-refractivity contribution in [3.05, 3.63) is 107 Å². The molecule has 0 spiro atoms. The number of alkyl halides is 3. The molecule has 0 amide bonds. The Morgan fingerprint density at radius 3 is 2.57 bits per heavy atom. The molecule has 2 aliphatic rings. The van der Waals surface area contributed by atoms with Gasteiger partial charge in [-0.2, -0.15) is 13.2 Å². The number of rotatable bonds is 6. The number of hydrogen-bond acceptors (Lipinski definition) is 4. The van der Waals surface area contributed by atoms with Gasteiger partial charge in [-0.05, 0) is 66.3 Å². The molecule has 2 heterocycles. The van der Waals surface area contributed by atoms with Gasteiger partial charge in [0.1, 0.15) is 5.84 Å². The minimum atomic E-state index is -4.37. The van der Waals surface area contributed by atoms with Crippen LogP contribution in [0.25, 0.3) is 11.8 Å². The van der Waals surface area contributed by atoms with E-state index in [2.05, 4.69) is 42.4 Å². The van der Waals surface area contributed by atoms with Crippen molar-refractivity contribution in [2.24, 2.45) is 10.7 Å². The highest BCUT2D eigenvalue weighted by atomic mass is 19.4. The predicted molar refractivity (Wildman–Crippen MR) is 145 cm³/mol. The summed E-state index contributed by atoms with van der Waals surface area (Å²) in [6, 6.07) is 17.4. The van der Waals surface area contributed by atoms with Gasteiger partial charge in [0.25, 0.3) is 0 Å². The first-order chi connectivity index (χ1) is 17.6. The fourth-order valence-corrected chi connectivity index (χ4v) is 5.19. The quantitative estimate of drug-likeness (QED) is 0.384. The Bertz CT molecular complexity index is 1410. The lowest BCUT2D eigenvalue weighted by Crippen LogP contribution is -2.50. The number of aryl methyl sites for hydroxylation is 1. The van der Waals surface area contributed by atoms with Gasteiger partial charge in [0.15, 0.2) is 0 Å². The number of fused-ring (bicyclic) bond motifs is 2. The molecule has 1 unspecified atom stereocenters. The Morgan fingerprint density at radius 2 is 1.86 bits per heavy atom. The molecule has 7 heteroatoms. The largest absolute Gasteiger partial charge is 0.416 e. The molecule has 0 saturated carbocycles. The van der Waals surface area contributed by atoms with Crippen molar-refractivity contribution >= 4 is 29.0 Å². The molecule has 0 aliphatic carbocycles. The Hall–Kier alpha value is -3.84. The van der Waals surface area contributed by atoms with E-state index in [4.69, 9.17) is 10.7 Å². The number of nitrogens with zero attached hydrogens (tertiary/aromatic N) is 2. The lowest BCUT2D eigenvalue weighted by Gasteiger charge is -2.34. The normalized spacial score (nSPS) is 18.8. The minimum Gasteiger partial charge on any atom is -0.380 e. The number of para-hydroxylation sites is 1. The van der Waals surface area contributed by atoms with E-state index in [0.29, 0.717) is 31.8 Å². The number of hydrogen-bond donors (Lipinski definition) is 2. The first-order valence-corrected chi connectivity index (χ1v) is 12.2. The maximum Gasteiger partial charge on any atom is 0.416 e. The van der Waals surface area contributed by atoms with Crippen LogP contribution in [0.3, 0.4) is 0 Å². The van der Waals surface area contributed by atoms with Crippen molar-refractivity contribution in [3.63, 3.8) is 0 Å². The van der Waals surface area contributed by atoms with E-state index in [0.717, 1.165) is 57.0 Å². The highest BCUT2D eigenvalue weighted by molar-refractivity contribution is 6.05. The summed E-state index contributed by atoms with van der Waals surface area (Å²) in [5, 5.41) is 3.50. The van der Waals surface area contributed by atoms with Crippen molar-refractivity contribution in [3.8, 4) is 0 Å². The van der Waals surface area contributed by atoms with Gasteiger partial charge in [0, 0.05) is 30.0 Å². The van der Waals surface area contributed by atoms with Crippen LogP contribution in [0.15, 0.2) is 78.8 Å². The number of nitrogens with one attached hydrogen (secondary N) is 1.